The highest BCUT2D eigenvalue weighted by atomic mass is 35.5. The van der Waals surface area contributed by atoms with Crippen molar-refractivity contribution in [1.82, 2.24) is 5.32 Å². The average molecular weight is 387 g/mol. The molecule has 1 aliphatic rings. The summed E-state index contributed by atoms with van der Waals surface area (Å²) in [5.74, 6) is -0.420. The Balaban J connectivity index is 1.77. The lowest BCUT2D eigenvalue weighted by Crippen LogP contribution is -2.40. The first-order chi connectivity index (χ1) is 12.5. The predicted octanol–water partition coefficient (Wildman–Crippen LogP) is 3.82. The minimum absolute atomic E-state index is 0.194. The molecule has 4 N–H and O–H groups in total. The van der Waals surface area contributed by atoms with E-state index in [2.05, 4.69) is 15.6 Å². The van der Waals surface area contributed by atoms with E-state index in [0.29, 0.717) is 16.4 Å². The van der Waals surface area contributed by atoms with Crippen LogP contribution in [0.1, 0.15) is 5.56 Å². The molecule has 3 rings (SSSR count). The summed E-state index contributed by atoms with van der Waals surface area (Å²) in [6.45, 7) is 0. The summed E-state index contributed by atoms with van der Waals surface area (Å²) in [4.78, 5) is 16.6. The Labute approximate surface area is 161 Å². The summed E-state index contributed by atoms with van der Waals surface area (Å²) in [7, 11) is 0. The van der Waals surface area contributed by atoms with Crippen LogP contribution in [0.3, 0.4) is 0 Å². The molecule has 132 valence electrons. The van der Waals surface area contributed by atoms with Crippen molar-refractivity contribution in [2.75, 3.05) is 5.32 Å². The van der Waals surface area contributed by atoms with E-state index < -0.39 is 12.2 Å². The third-order valence-corrected chi connectivity index (χ3v) is 4.39. The van der Waals surface area contributed by atoms with Gasteiger partial charge < -0.3 is 10.6 Å². The first kappa shape index (κ1) is 18.2. The second-order valence-corrected chi connectivity index (χ2v) is 6.29. The standard InChI is InChI=1S/C19H16Cl2N4O/c20-14-7-4-8-15(17(14)21)24-18(26)16-11-13(23-19(22)25-16)10-9-12-5-2-1-3-6-12/h1-11,19,23H,22H2,(H,24,26)/b10-9+. The van der Waals surface area contributed by atoms with Crippen LogP contribution in [0.4, 0.5) is 5.69 Å². The molecule has 2 aromatic carbocycles. The second-order valence-electron chi connectivity index (χ2n) is 5.50. The zero-order valence-corrected chi connectivity index (χ0v) is 15.1. The van der Waals surface area contributed by atoms with Crippen molar-refractivity contribution in [3.05, 3.63) is 82.0 Å². The maximum absolute atomic E-state index is 12.5. The molecule has 1 amide bonds. The molecule has 0 aromatic heterocycles. The quantitative estimate of drug-likeness (QED) is 0.746. The molecule has 1 atom stereocenters. The highest BCUT2D eigenvalue weighted by Crippen LogP contribution is 2.29. The van der Waals surface area contributed by atoms with E-state index in [1.807, 2.05) is 42.5 Å². The number of carbonyl (C=O) groups is 1. The number of rotatable bonds is 4. The number of halogens is 2. The molecule has 0 spiro atoms. The van der Waals surface area contributed by atoms with Gasteiger partial charge in [-0.25, -0.2) is 4.99 Å². The molecule has 0 saturated heterocycles. The van der Waals surface area contributed by atoms with Crippen molar-refractivity contribution in [2.45, 2.75) is 6.29 Å². The summed E-state index contributed by atoms with van der Waals surface area (Å²) in [5, 5.41) is 6.32. The highest BCUT2D eigenvalue weighted by molar-refractivity contribution is 6.49. The predicted molar refractivity (Wildman–Crippen MR) is 107 cm³/mol. The Bertz CT molecular complexity index is 907. The third-order valence-electron chi connectivity index (χ3n) is 3.57. The lowest BCUT2D eigenvalue weighted by molar-refractivity contribution is -0.110. The van der Waals surface area contributed by atoms with E-state index in [1.54, 1.807) is 24.3 Å². The van der Waals surface area contributed by atoms with E-state index in [-0.39, 0.29) is 10.7 Å². The number of nitrogens with two attached hydrogens (primary N) is 1. The van der Waals surface area contributed by atoms with E-state index in [4.69, 9.17) is 28.9 Å². The van der Waals surface area contributed by atoms with E-state index >= 15 is 0 Å². The molecule has 5 nitrogen and oxygen atoms in total. The lowest BCUT2D eigenvalue weighted by atomic mass is 10.1. The largest absolute Gasteiger partial charge is 0.352 e. The summed E-state index contributed by atoms with van der Waals surface area (Å²) in [5.41, 5.74) is 8.18. The van der Waals surface area contributed by atoms with Gasteiger partial charge in [0.2, 0.25) is 0 Å². The van der Waals surface area contributed by atoms with Crippen LogP contribution >= 0.6 is 23.2 Å². The van der Waals surface area contributed by atoms with Crippen LogP contribution < -0.4 is 16.4 Å². The van der Waals surface area contributed by atoms with Crippen molar-refractivity contribution in [1.29, 1.82) is 0 Å². The van der Waals surface area contributed by atoms with E-state index in [9.17, 15) is 4.79 Å². The fraction of sp³-hybridized carbons (Fsp3) is 0.0526. The number of aliphatic imine (C=N–C) groups is 1. The van der Waals surface area contributed by atoms with Gasteiger partial charge in [-0.3, -0.25) is 10.5 Å². The molecule has 2 aromatic rings. The van der Waals surface area contributed by atoms with Crippen LogP contribution in [0, 0.1) is 0 Å². The first-order valence-electron chi connectivity index (χ1n) is 7.83. The van der Waals surface area contributed by atoms with Crippen molar-refractivity contribution in [3.8, 4) is 0 Å². The molecule has 1 unspecified atom stereocenters. The Morgan fingerprint density at radius 3 is 2.65 bits per heavy atom. The average Bonchev–Trinajstić information content (AvgIpc) is 2.64. The van der Waals surface area contributed by atoms with Gasteiger partial charge in [-0.15, -0.1) is 0 Å². The molecule has 1 heterocycles. The number of benzene rings is 2. The molecule has 0 saturated carbocycles. The maximum atomic E-state index is 12.5. The minimum Gasteiger partial charge on any atom is -0.352 e. The molecule has 26 heavy (non-hydrogen) atoms. The number of amides is 1. The van der Waals surface area contributed by atoms with Crippen LogP contribution in [0.2, 0.25) is 10.0 Å². The summed E-state index contributed by atoms with van der Waals surface area (Å²) in [6, 6.07) is 14.8. The Hall–Kier alpha value is -2.60. The number of allylic oxidation sites excluding steroid dienone is 1. The van der Waals surface area contributed by atoms with Gasteiger partial charge in [0.05, 0.1) is 15.7 Å². The minimum atomic E-state index is -0.717. The van der Waals surface area contributed by atoms with Crippen LogP contribution in [-0.4, -0.2) is 17.9 Å². The van der Waals surface area contributed by atoms with Gasteiger partial charge in [0.25, 0.3) is 5.91 Å². The molecule has 0 aliphatic carbocycles. The van der Waals surface area contributed by atoms with E-state index in [1.165, 1.54) is 0 Å². The number of nitrogens with one attached hydrogen (secondary N) is 2. The first-order valence-corrected chi connectivity index (χ1v) is 8.58. The monoisotopic (exact) mass is 386 g/mol. The molecular formula is C19H16Cl2N4O. The third kappa shape index (κ3) is 4.52. The summed E-state index contributed by atoms with van der Waals surface area (Å²) < 4.78 is 0. The van der Waals surface area contributed by atoms with Crippen LogP contribution in [0.15, 0.2) is 71.4 Å². The lowest BCUT2D eigenvalue weighted by Gasteiger charge is -2.19. The van der Waals surface area contributed by atoms with E-state index in [0.717, 1.165) is 5.56 Å². The molecule has 0 radical (unpaired) electrons. The number of hydrogen-bond acceptors (Lipinski definition) is 4. The smallest absolute Gasteiger partial charge is 0.274 e. The molecule has 0 bridgehead atoms. The summed E-state index contributed by atoms with van der Waals surface area (Å²) in [6.07, 6.45) is 4.66. The normalized spacial score (nSPS) is 16.7. The number of nitrogens with zero attached hydrogens (tertiary/aromatic N) is 1. The summed E-state index contributed by atoms with van der Waals surface area (Å²) >= 11 is 12.1. The Kier molecular flexibility index (Phi) is 5.73. The number of hydrogen-bond donors (Lipinski definition) is 3. The van der Waals surface area contributed by atoms with Crippen molar-refractivity contribution in [2.24, 2.45) is 10.7 Å². The fourth-order valence-corrected chi connectivity index (χ4v) is 2.68. The molecule has 1 aliphatic heterocycles. The Morgan fingerprint density at radius 2 is 1.88 bits per heavy atom. The van der Waals surface area contributed by atoms with Crippen LogP contribution in [0.25, 0.3) is 6.08 Å². The number of carbonyl (C=O) groups excluding carboxylic acids is 1. The SMILES string of the molecule is NC1N=C(C(=O)Nc2cccc(Cl)c2Cl)C=C(/C=C/c2ccccc2)N1. The molecular weight excluding hydrogens is 371 g/mol. The molecule has 0 fully saturated rings. The van der Waals surface area contributed by atoms with Gasteiger partial charge in [0.15, 0.2) is 6.29 Å². The van der Waals surface area contributed by atoms with Crippen molar-refractivity contribution < 1.29 is 4.79 Å². The van der Waals surface area contributed by atoms with Crippen molar-refractivity contribution >= 4 is 46.6 Å². The second kappa shape index (κ2) is 8.19. The number of anilines is 1. The highest BCUT2D eigenvalue weighted by Gasteiger charge is 2.18. The zero-order valence-electron chi connectivity index (χ0n) is 13.6. The zero-order chi connectivity index (χ0) is 18.5. The Morgan fingerprint density at radius 1 is 1.12 bits per heavy atom. The maximum Gasteiger partial charge on any atom is 0.274 e. The van der Waals surface area contributed by atoms with Crippen LogP contribution in [-0.2, 0) is 4.79 Å². The van der Waals surface area contributed by atoms with Crippen molar-refractivity contribution in [3.63, 3.8) is 0 Å². The van der Waals surface area contributed by atoms with Gasteiger partial charge >= 0.3 is 0 Å². The molecule has 7 heteroatoms. The van der Waals surface area contributed by atoms with Gasteiger partial charge in [-0.05, 0) is 29.8 Å². The van der Waals surface area contributed by atoms with Crippen LogP contribution in [0.5, 0.6) is 0 Å². The fourth-order valence-electron chi connectivity index (χ4n) is 2.34. The topological polar surface area (TPSA) is 79.5 Å². The van der Waals surface area contributed by atoms with Gasteiger partial charge in [0, 0.05) is 5.70 Å². The van der Waals surface area contributed by atoms with Gasteiger partial charge in [0.1, 0.15) is 5.71 Å². The van der Waals surface area contributed by atoms with Gasteiger partial charge in [-0.1, -0.05) is 65.7 Å². The van der Waals surface area contributed by atoms with Gasteiger partial charge in [-0.2, -0.15) is 0 Å².